The zero-order chi connectivity index (χ0) is 16.9. The van der Waals surface area contributed by atoms with Crippen LogP contribution in [0.2, 0.25) is 0 Å². The van der Waals surface area contributed by atoms with Gasteiger partial charge in [0.15, 0.2) is 5.13 Å². The van der Waals surface area contributed by atoms with Gasteiger partial charge in [0, 0.05) is 38.0 Å². The second kappa shape index (κ2) is 7.66. The van der Waals surface area contributed by atoms with E-state index in [0.29, 0.717) is 12.8 Å². The van der Waals surface area contributed by atoms with Gasteiger partial charge >= 0.3 is 0 Å². The Hall–Kier alpha value is -2.08. The highest BCUT2D eigenvalue weighted by atomic mass is 32.1. The lowest BCUT2D eigenvalue weighted by Crippen LogP contribution is -2.48. The maximum Gasteiger partial charge on any atom is 0.223 e. The highest BCUT2D eigenvalue weighted by Gasteiger charge is 2.22. The average Bonchev–Trinajstić information content (AvgIpc) is 3.06. The van der Waals surface area contributed by atoms with Crippen molar-refractivity contribution >= 4 is 22.4 Å². The van der Waals surface area contributed by atoms with Crippen LogP contribution in [0.15, 0.2) is 29.6 Å². The molecule has 0 N–H and O–H groups in total. The van der Waals surface area contributed by atoms with Crippen molar-refractivity contribution in [3.05, 3.63) is 40.9 Å². The number of anilines is 1. The molecule has 2 aromatic rings. The number of benzene rings is 1. The molecule has 0 unspecified atom stereocenters. The van der Waals surface area contributed by atoms with Crippen molar-refractivity contribution in [1.82, 2.24) is 9.88 Å². The molecule has 0 radical (unpaired) electrons. The number of nitrogens with zero attached hydrogens (tertiary/aromatic N) is 3. The monoisotopic (exact) mass is 345 g/mol. The van der Waals surface area contributed by atoms with E-state index in [-0.39, 0.29) is 5.91 Å². The lowest BCUT2D eigenvalue weighted by atomic mass is 10.1. The van der Waals surface area contributed by atoms with Gasteiger partial charge in [0.1, 0.15) is 5.75 Å². The van der Waals surface area contributed by atoms with Crippen LogP contribution in [-0.2, 0) is 11.2 Å². The van der Waals surface area contributed by atoms with Crippen molar-refractivity contribution < 1.29 is 9.53 Å². The number of ether oxygens (including phenoxy) is 1. The topological polar surface area (TPSA) is 45.7 Å². The van der Waals surface area contributed by atoms with Crippen molar-refractivity contribution in [2.45, 2.75) is 19.8 Å². The summed E-state index contributed by atoms with van der Waals surface area (Å²) in [6, 6.07) is 7.89. The molecular weight excluding hydrogens is 322 g/mol. The summed E-state index contributed by atoms with van der Waals surface area (Å²) in [7, 11) is 1.67. The molecule has 3 rings (SSSR count). The van der Waals surface area contributed by atoms with Crippen LogP contribution >= 0.6 is 11.3 Å². The standard InChI is InChI=1S/C18H23N3O2S/c1-14-13-24-18(19-14)21-11-9-20(10-12-21)17(22)8-7-15-5-3-4-6-16(15)23-2/h3-6,13H,7-12H2,1-2H3. The Morgan fingerprint density at radius 2 is 2.00 bits per heavy atom. The summed E-state index contributed by atoms with van der Waals surface area (Å²) in [6.45, 7) is 5.26. The highest BCUT2D eigenvalue weighted by Crippen LogP contribution is 2.22. The number of amides is 1. The van der Waals surface area contributed by atoms with E-state index in [1.165, 1.54) is 0 Å². The SMILES string of the molecule is COc1ccccc1CCC(=O)N1CCN(c2nc(C)cs2)CC1. The minimum Gasteiger partial charge on any atom is -0.496 e. The minimum absolute atomic E-state index is 0.218. The summed E-state index contributed by atoms with van der Waals surface area (Å²) in [4.78, 5) is 21.2. The summed E-state index contributed by atoms with van der Waals surface area (Å²) >= 11 is 1.67. The molecule has 24 heavy (non-hydrogen) atoms. The van der Waals surface area contributed by atoms with E-state index in [1.54, 1.807) is 18.4 Å². The fourth-order valence-corrected chi connectivity index (χ4v) is 3.80. The number of rotatable bonds is 5. The predicted molar refractivity (Wildman–Crippen MR) is 97.0 cm³/mol. The molecule has 5 nitrogen and oxygen atoms in total. The molecule has 1 amide bonds. The zero-order valence-electron chi connectivity index (χ0n) is 14.2. The predicted octanol–water partition coefficient (Wildman–Crippen LogP) is 2.74. The van der Waals surface area contributed by atoms with E-state index in [2.05, 4.69) is 15.3 Å². The Kier molecular flexibility index (Phi) is 5.35. The molecule has 6 heteroatoms. The van der Waals surface area contributed by atoms with E-state index in [0.717, 1.165) is 48.3 Å². The van der Waals surface area contributed by atoms with Crippen molar-refractivity contribution in [3.8, 4) is 5.75 Å². The van der Waals surface area contributed by atoms with Crippen LogP contribution in [0.5, 0.6) is 5.75 Å². The van der Waals surface area contributed by atoms with E-state index < -0.39 is 0 Å². The van der Waals surface area contributed by atoms with E-state index in [1.807, 2.05) is 36.1 Å². The number of hydrogen-bond acceptors (Lipinski definition) is 5. The summed E-state index contributed by atoms with van der Waals surface area (Å²) in [6.07, 6.45) is 1.24. The summed E-state index contributed by atoms with van der Waals surface area (Å²) in [5, 5.41) is 3.13. The number of carbonyl (C=O) groups excluding carboxylic acids is 1. The van der Waals surface area contributed by atoms with Gasteiger partial charge in [-0.05, 0) is 25.0 Å². The Morgan fingerprint density at radius 1 is 1.25 bits per heavy atom. The first-order valence-electron chi connectivity index (χ1n) is 8.24. The van der Waals surface area contributed by atoms with Crippen LogP contribution < -0.4 is 9.64 Å². The van der Waals surface area contributed by atoms with Crippen molar-refractivity contribution in [3.63, 3.8) is 0 Å². The molecule has 0 spiro atoms. The number of aromatic nitrogens is 1. The number of para-hydroxylation sites is 1. The lowest BCUT2D eigenvalue weighted by molar-refractivity contribution is -0.131. The summed E-state index contributed by atoms with van der Waals surface area (Å²) in [5.74, 6) is 1.07. The molecule has 1 fully saturated rings. The smallest absolute Gasteiger partial charge is 0.223 e. The van der Waals surface area contributed by atoms with Gasteiger partial charge in [-0.2, -0.15) is 0 Å². The molecule has 1 aromatic carbocycles. The van der Waals surface area contributed by atoms with Crippen LogP contribution in [0.3, 0.4) is 0 Å². The molecule has 2 heterocycles. The third-order valence-electron chi connectivity index (χ3n) is 4.31. The van der Waals surface area contributed by atoms with Gasteiger partial charge in [0.2, 0.25) is 5.91 Å². The number of piperazine rings is 1. The zero-order valence-corrected chi connectivity index (χ0v) is 15.0. The maximum absolute atomic E-state index is 12.5. The second-order valence-corrected chi connectivity index (χ2v) is 6.79. The lowest BCUT2D eigenvalue weighted by Gasteiger charge is -2.34. The van der Waals surface area contributed by atoms with Crippen molar-refractivity contribution in [2.75, 3.05) is 38.2 Å². The number of carbonyl (C=O) groups is 1. The van der Waals surface area contributed by atoms with Crippen molar-refractivity contribution in [2.24, 2.45) is 0 Å². The van der Waals surface area contributed by atoms with Crippen LogP contribution in [0, 0.1) is 6.92 Å². The molecular formula is C18H23N3O2S. The molecule has 1 saturated heterocycles. The highest BCUT2D eigenvalue weighted by molar-refractivity contribution is 7.13. The summed E-state index contributed by atoms with van der Waals surface area (Å²) < 4.78 is 5.35. The van der Waals surface area contributed by atoms with Gasteiger partial charge in [-0.15, -0.1) is 11.3 Å². The van der Waals surface area contributed by atoms with Gasteiger partial charge in [0.05, 0.1) is 12.8 Å². The fraction of sp³-hybridized carbons (Fsp3) is 0.444. The van der Waals surface area contributed by atoms with Gasteiger partial charge in [0.25, 0.3) is 0 Å². The molecule has 0 saturated carbocycles. The van der Waals surface area contributed by atoms with Crippen LogP contribution in [0.1, 0.15) is 17.7 Å². The molecule has 128 valence electrons. The van der Waals surface area contributed by atoms with E-state index in [9.17, 15) is 4.79 Å². The molecule has 0 aliphatic carbocycles. The quantitative estimate of drug-likeness (QED) is 0.836. The first-order valence-corrected chi connectivity index (χ1v) is 9.12. The first kappa shape index (κ1) is 16.8. The largest absolute Gasteiger partial charge is 0.496 e. The number of hydrogen-bond donors (Lipinski definition) is 0. The second-order valence-electron chi connectivity index (χ2n) is 5.95. The van der Waals surface area contributed by atoms with E-state index >= 15 is 0 Å². The van der Waals surface area contributed by atoms with Gasteiger partial charge in [-0.1, -0.05) is 18.2 Å². The fourth-order valence-electron chi connectivity index (χ4n) is 2.94. The molecule has 1 aromatic heterocycles. The number of aryl methyl sites for hydroxylation is 2. The molecule has 1 aliphatic heterocycles. The first-order chi connectivity index (χ1) is 11.7. The minimum atomic E-state index is 0.218. The normalized spacial score (nSPS) is 14.8. The average molecular weight is 345 g/mol. The van der Waals surface area contributed by atoms with Crippen LogP contribution in [0.25, 0.3) is 0 Å². The maximum atomic E-state index is 12.5. The van der Waals surface area contributed by atoms with Gasteiger partial charge < -0.3 is 14.5 Å². The Balaban J connectivity index is 1.50. The Labute approximate surface area is 146 Å². The van der Waals surface area contributed by atoms with Crippen LogP contribution in [0.4, 0.5) is 5.13 Å². The molecule has 0 atom stereocenters. The van der Waals surface area contributed by atoms with Gasteiger partial charge in [-0.25, -0.2) is 4.98 Å². The third kappa shape index (κ3) is 3.87. The van der Waals surface area contributed by atoms with E-state index in [4.69, 9.17) is 4.74 Å². The Bertz CT molecular complexity index is 693. The Morgan fingerprint density at radius 3 is 2.67 bits per heavy atom. The number of methoxy groups -OCH3 is 1. The summed E-state index contributed by atoms with van der Waals surface area (Å²) in [5.41, 5.74) is 2.15. The van der Waals surface area contributed by atoms with Gasteiger partial charge in [-0.3, -0.25) is 4.79 Å². The molecule has 1 aliphatic rings. The number of thiazole rings is 1. The third-order valence-corrected chi connectivity index (χ3v) is 5.33. The van der Waals surface area contributed by atoms with Crippen molar-refractivity contribution in [1.29, 1.82) is 0 Å². The molecule has 0 bridgehead atoms. The van der Waals surface area contributed by atoms with Crippen LogP contribution in [-0.4, -0.2) is 49.1 Å².